The van der Waals surface area contributed by atoms with Gasteiger partial charge in [0.25, 0.3) is 0 Å². The molecule has 2 bridgehead atoms. The normalized spacial score (nSPS) is 36.5. The van der Waals surface area contributed by atoms with Crippen LogP contribution >= 0.6 is 11.6 Å². The molecule has 1 aromatic carbocycles. The van der Waals surface area contributed by atoms with Crippen LogP contribution in [-0.2, 0) is 4.74 Å². The molecule has 5 heteroatoms. The Hall–Kier alpha value is -1.26. The standard InChI is InChI=1S/C17H22ClN3O/c1-19-17(21-15-8-12-5-6-16(15)22-12)20-14-9-13(14)10-3-2-4-11(18)7-10/h2-4,7,12-16H,5-6,8-9H2,1H3,(H2,19,20,21). The molecule has 4 rings (SSSR count). The summed E-state index contributed by atoms with van der Waals surface area (Å²) in [6, 6.07) is 9.02. The fourth-order valence-corrected chi connectivity index (χ4v) is 3.97. The smallest absolute Gasteiger partial charge is 0.191 e. The molecule has 0 amide bonds. The third-order valence-corrected chi connectivity index (χ3v) is 5.28. The van der Waals surface area contributed by atoms with Crippen LogP contribution in [0.15, 0.2) is 29.3 Å². The van der Waals surface area contributed by atoms with Crippen molar-refractivity contribution in [1.82, 2.24) is 10.6 Å². The highest BCUT2D eigenvalue weighted by atomic mass is 35.5. The zero-order valence-corrected chi connectivity index (χ0v) is 13.5. The third-order valence-electron chi connectivity index (χ3n) is 5.04. The summed E-state index contributed by atoms with van der Waals surface area (Å²) in [7, 11) is 1.83. The summed E-state index contributed by atoms with van der Waals surface area (Å²) >= 11 is 6.08. The lowest BCUT2D eigenvalue weighted by Gasteiger charge is -2.22. The molecule has 22 heavy (non-hydrogen) atoms. The van der Waals surface area contributed by atoms with Crippen LogP contribution in [0.3, 0.4) is 0 Å². The van der Waals surface area contributed by atoms with Crippen LogP contribution in [0.25, 0.3) is 0 Å². The fraction of sp³-hybridized carbons (Fsp3) is 0.588. The minimum Gasteiger partial charge on any atom is -0.373 e. The minimum absolute atomic E-state index is 0.367. The molecule has 2 saturated heterocycles. The van der Waals surface area contributed by atoms with E-state index in [-0.39, 0.29) is 0 Å². The van der Waals surface area contributed by atoms with Gasteiger partial charge in [-0.1, -0.05) is 23.7 Å². The first-order valence-electron chi connectivity index (χ1n) is 8.13. The lowest BCUT2D eigenvalue weighted by molar-refractivity contribution is 0.0992. The largest absolute Gasteiger partial charge is 0.373 e. The second-order valence-electron chi connectivity index (χ2n) is 6.58. The minimum atomic E-state index is 0.367. The third kappa shape index (κ3) is 2.82. The number of hydrogen-bond acceptors (Lipinski definition) is 2. The Morgan fingerprint density at radius 1 is 1.23 bits per heavy atom. The Morgan fingerprint density at radius 3 is 2.77 bits per heavy atom. The molecule has 0 radical (unpaired) electrons. The molecule has 5 unspecified atom stereocenters. The van der Waals surface area contributed by atoms with Gasteiger partial charge < -0.3 is 15.4 Å². The number of ether oxygens (including phenoxy) is 1. The maximum Gasteiger partial charge on any atom is 0.191 e. The van der Waals surface area contributed by atoms with Gasteiger partial charge in [-0.25, -0.2) is 0 Å². The quantitative estimate of drug-likeness (QED) is 0.665. The molecular formula is C17H22ClN3O. The number of rotatable bonds is 3. The Bertz CT molecular complexity index is 591. The molecule has 1 aromatic rings. The SMILES string of the molecule is CN=C(NC1CC2CCC1O2)NC1CC1c1cccc(Cl)c1. The van der Waals surface area contributed by atoms with E-state index in [0.717, 1.165) is 23.8 Å². The maximum absolute atomic E-state index is 6.08. The number of nitrogens with zero attached hydrogens (tertiary/aromatic N) is 1. The van der Waals surface area contributed by atoms with Crippen molar-refractivity contribution in [3.63, 3.8) is 0 Å². The molecule has 0 spiro atoms. The molecule has 3 aliphatic rings. The Balaban J connectivity index is 1.33. The molecule has 4 nitrogen and oxygen atoms in total. The van der Waals surface area contributed by atoms with E-state index >= 15 is 0 Å². The summed E-state index contributed by atoms with van der Waals surface area (Å²) in [4.78, 5) is 4.37. The molecule has 1 saturated carbocycles. The van der Waals surface area contributed by atoms with Crippen molar-refractivity contribution in [1.29, 1.82) is 0 Å². The van der Waals surface area contributed by atoms with Crippen LogP contribution in [0.5, 0.6) is 0 Å². The lowest BCUT2D eigenvalue weighted by atomic mass is 9.96. The van der Waals surface area contributed by atoms with Gasteiger partial charge >= 0.3 is 0 Å². The zero-order chi connectivity index (χ0) is 15.1. The van der Waals surface area contributed by atoms with E-state index in [1.165, 1.54) is 18.4 Å². The van der Waals surface area contributed by atoms with Crippen LogP contribution < -0.4 is 10.6 Å². The number of benzene rings is 1. The van der Waals surface area contributed by atoms with Crippen LogP contribution in [-0.4, -0.2) is 37.3 Å². The number of halogens is 1. The first kappa shape index (κ1) is 14.3. The molecule has 2 N–H and O–H groups in total. The maximum atomic E-state index is 6.08. The highest BCUT2D eigenvalue weighted by Crippen LogP contribution is 2.41. The van der Waals surface area contributed by atoms with E-state index in [2.05, 4.69) is 27.8 Å². The molecule has 2 heterocycles. The topological polar surface area (TPSA) is 45.7 Å². The summed E-state index contributed by atoms with van der Waals surface area (Å²) in [6.45, 7) is 0. The van der Waals surface area contributed by atoms with Crippen LogP contribution in [0.2, 0.25) is 5.02 Å². The van der Waals surface area contributed by atoms with Crippen LogP contribution in [0, 0.1) is 0 Å². The average molecular weight is 320 g/mol. The van der Waals surface area contributed by atoms with Gasteiger partial charge in [-0.3, -0.25) is 4.99 Å². The number of guanidine groups is 1. The summed E-state index contributed by atoms with van der Waals surface area (Å²) < 4.78 is 5.89. The molecule has 118 valence electrons. The average Bonchev–Trinajstić information content (AvgIpc) is 2.97. The van der Waals surface area contributed by atoms with Gasteiger partial charge in [0.2, 0.25) is 0 Å². The number of fused-ring (bicyclic) bond motifs is 2. The summed E-state index contributed by atoms with van der Waals surface area (Å²) in [5.74, 6) is 1.43. The molecule has 1 aliphatic carbocycles. The predicted octanol–water partition coefficient (Wildman–Crippen LogP) is 2.68. The van der Waals surface area contributed by atoms with Crippen molar-refractivity contribution < 1.29 is 4.74 Å². The van der Waals surface area contributed by atoms with Crippen molar-refractivity contribution in [2.75, 3.05) is 7.05 Å². The highest BCUT2D eigenvalue weighted by Gasteiger charge is 2.43. The van der Waals surface area contributed by atoms with Gasteiger partial charge in [0.15, 0.2) is 5.96 Å². The van der Waals surface area contributed by atoms with Gasteiger partial charge in [0.05, 0.1) is 18.2 Å². The highest BCUT2D eigenvalue weighted by molar-refractivity contribution is 6.30. The van der Waals surface area contributed by atoms with E-state index in [4.69, 9.17) is 16.3 Å². The van der Waals surface area contributed by atoms with Crippen LogP contribution in [0.4, 0.5) is 0 Å². The van der Waals surface area contributed by atoms with Crippen molar-refractivity contribution in [3.8, 4) is 0 Å². The van der Waals surface area contributed by atoms with Crippen LogP contribution in [0.1, 0.15) is 37.2 Å². The van der Waals surface area contributed by atoms with Crippen molar-refractivity contribution in [3.05, 3.63) is 34.9 Å². The molecule has 2 aliphatic heterocycles. The number of nitrogens with one attached hydrogen (secondary N) is 2. The zero-order valence-electron chi connectivity index (χ0n) is 12.8. The second kappa shape index (κ2) is 5.74. The van der Waals surface area contributed by atoms with E-state index in [1.54, 1.807) is 0 Å². The number of hydrogen-bond donors (Lipinski definition) is 2. The molecule has 3 fully saturated rings. The van der Waals surface area contributed by atoms with Gasteiger partial charge in [0, 0.05) is 24.0 Å². The van der Waals surface area contributed by atoms with Crippen molar-refractivity contribution >= 4 is 17.6 Å². The Kier molecular flexibility index (Phi) is 3.74. The first-order chi connectivity index (χ1) is 10.7. The molecule has 0 aromatic heterocycles. The summed E-state index contributed by atoms with van der Waals surface area (Å²) in [6.07, 6.45) is 5.46. The predicted molar refractivity (Wildman–Crippen MR) is 88.5 cm³/mol. The Morgan fingerprint density at radius 2 is 2.09 bits per heavy atom. The Labute approximate surface area is 136 Å². The van der Waals surface area contributed by atoms with Gasteiger partial charge in [-0.2, -0.15) is 0 Å². The van der Waals surface area contributed by atoms with Gasteiger partial charge in [-0.15, -0.1) is 0 Å². The monoisotopic (exact) mass is 319 g/mol. The van der Waals surface area contributed by atoms with E-state index in [9.17, 15) is 0 Å². The number of aliphatic imine (C=N–C) groups is 1. The second-order valence-corrected chi connectivity index (χ2v) is 7.02. The van der Waals surface area contributed by atoms with E-state index in [0.29, 0.717) is 30.2 Å². The van der Waals surface area contributed by atoms with Gasteiger partial charge in [-0.05, 0) is 43.4 Å². The van der Waals surface area contributed by atoms with Crippen molar-refractivity contribution in [2.45, 2.75) is 55.9 Å². The molecular weight excluding hydrogens is 298 g/mol. The van der Waals surface area contributed by atoms with Crippen molar-refractivity contribution in [2.24, 2.45) is 4.99 Å². The van der Waals surface area contributed by atoms with Gasteiger partial charge in [0.1, 0.15) is 0 Å². The lowest BCUT2D eigenvalue weighted by Crippen LogP contribution is -2.48. The van der Waals surface area contributed by atoms with E-state index < -0.39 is 0 Å². The summed E-state index contributed by atoms with van der Waals surface area (Å²) in [5, 5.41) is 7.88. The molecule has 5 atom stereocenters. The first-order valence-corrected chi connectivity index (χ1v) is 8.51. The summed E-state index contributed by atoms with van der Waals surface area (Å²) in [5.41, 5.74) is 1.31. The van der Waals surface area contributed by atoms with E-state index in [1.807, 2.05) is 19.2 Å². The fourth-order valence-electron chi connectivity index (χ4n) is 3.77.